The molecular weight excluding hydrogens is 336 g/mol. The Hall–Kier alpha value is -3.59. The van der Waals surface area contributed by atoms with Crippen LogP contribution in [0.25, 0.3) is 5.69 Å². The van der Waals surface area contributed by atoms with Crippen LogP contribution in [0.5, 0.6) is 0 Å². The maximum atomic E-state index is 8.87. The number of nitriles is 1. The van der Waals surface area contributed by atoms with Crippen molar-refractivity contribution in [3.05, 3.63) is 83.7 Å². The molecule has 0 aliphatic heterocycles. The van der Waals surface area contributed by atoms with Crippen LogP contribution in [0.2, 0.25) is 0 Å². The molecule has 6 nitrogen and oxygen atoms in total. The molecule has 1 heterocycles. The van der Waals surface area contributed by atoms with Gasteiger partial charge in [0.15, 0.2) is 5.96 Å². The van der Waals surface area contributed by atoms with E-state index in [1.165, 1.54) is 0 Å². The van der Waals surface area contributed by atoms with Gasteiger partial charge in [0, 0.05) is 26.0 Å². The SMILES string of the molecule is CN=C(NCc1ccc(C#N)cc1)NC(C)c1cccc(-n2cccn2)c1. The smallest absolute Gasteiger partial charge is 0.191 e. The number of nitrogens with zero attached hydrogens (tertiary/aromatic N) is 4. The third kappa shape index (κ3) is 4.73. The van der Waals surface area contributed by atoms with E-state index in [-0.39, 0.29) is 6.04 Å². The number of hydrogen-bond acceptors (Lipinski definition) is 3. The highest BCUT2D eigenvalue weighted by Gasteiger charge is 2.09. The first kappa shape index (κ1) is 18.2. The van der Waals surface area contributed by atoms with Crippen LogP contribution in [0.3, 0.4) is 0 Å². The molecule has 0 bridgehead atoms. The molecular formula is C21H22N6. The minimum atomic E-state index is 0.0766. The van der Waals surface area contributed by atoms with Gasteiger partial charge in [-0.15, -0.1) is 0 Å². The van der Waals surface area contributed by atoms with Crippen molar-refractivity contribution in [2.24, 2.45) is 4.99 Å². The molecule has 6 heteroatoms. The molecule has 0 aliphatic carbocycles. The second kappa shape index (κ2) is 8.68. The summed E-state index contributed by atoms with van der Waals surface area (Å²) in [4.78, 5) is 4.30. The van der Waals surface area contributed by atoms with Gasteiger partial charge in [-0.05, 0) is 48.4 Å². The molecule has 0 spiro atoms. The van der Waals surface area contributed by atoms with Gasteiger partial charge in [-0.2, -0.15) is 10.4 Å². The van der Waals surface area contributed by atoms with Crippen LogP contribution in [-0.4, -0.2) is 22.8 Å². The summed E-state index contributed by atoms with van der Waals surface area (Å²) in [6, 6.07) is 19.9. The van der Waals surface area contributed by atoms with Gasteiger partial charge in [-0.3, -0.25) is 4.99 Å². The highest BCUT2D eigenvalue weighted by molar-refractivity contribution is 5.80. The highest BCUT2D eigenvalue weighted by Crippen LogP contribution is 2.16. The summed E-state index contributed by atoms with van der Waals surface area (Å²) >= 11 is 0. The normalized spacial score (nSPS) is 12.3. The van der Waals surface area contributed by atoms with E-state index in [9.17, 15) is 0 Å². The first-order chi connectivity index (χ1) is 13.2. The highest BCUT2D eigenvalue weighted by atomic mass is 15.3. The molecule has 1 aromatic heterocycles. The predicted molar refractivity (Wildman–Crippen MR) is 106 cm³/mol. The fraction of sp³-hybridized carbons (Fsp3) is 0.190. The molecule has 3 rings (SSSR count). The van der Waals surface area contributed by atoms with Gasteiger partial charge in [0.2, 0.25) is 0 Å². The number of hydrogen-bond donors (Lipinski definition) is 2. The Balaban J connectivity index is 1.62. The van der Waals surface area contributed by atoms with E-state index >= 15 is 0 Å². The topological polar surface area (TPSA) is 78.0 Å². The Morgan fingerprint density at radius 3 is 2.70 bits per heavy atom. The molecule has 1 unspecified atom stereocenters. The maximum Gasteiger partial charge on any atom is 0.191 e. The predicted octanol–water partition coefficient (Wildman–Crippen LogP) is 3.17. The molecule has 0 fully saturated rings. The molecule has 3 aromatic rings. The van der Waals surface area contributed by atoms with Crippen molar-refractivity contribution in [1.29, 1.82) is 5.26 Å². The standard InChI is InChI=1S/C21H22N6/c1-16(19-5-3-6-20(13-19)27-12-4-11-25-27)26-21(23-2)24-15-18-9-7-17(14-22)8-10-18/h3-13,16H,15H2,1-2H3,(H2,23,24,26). The van der Waals surface area contributed by atoms with Gasteiger partial charge < -0.3 is 10.6 Å². The minimum Gasteiger partial charge on any atom is -0.352 e. The Bertz CT molecular complexity index is 936. The lowest BCUT2D eigenvalue weighted by Gasteiger charge is -2.19. The van der Waals surface area contributed by atoms with E-state index < -0.39 is 0 Å². The first-order valence-electron chi connectivity index (χ1n) is 8.76. The van der Waals surface area contributed by atoms with E-state index in [2.05, 4.69) is 45.9 Å². The molecule has 0 radical (unpaired) electrons. The van der Waals surface area contributed by atoms with E-state index in [1.807, 2.05) is 53.3 Å². The van der Waals surface area contributed by atoms with Crippen LogP contribution >= 0.6 is 0 Å². The Morgan fingerprint density at radius 2 is 2.04 bits per heavy atom. The summed E-state index contributed by atoms with van der Waals surface area (Å²) in [7, 11) is 1.75. The Morgan fingerprint density at radius 1 is 1.22 bits per heavy atom. The van der Waals surface area contributed by atoms with Crippen LogP contribution in [0.15, 0.2) is 72.0 Å². The average molecular weight is 358 g/mol. The van der Waals surface area contributed by atoms with Crippen molar-refractivity contribution >= 4 is 5.96 Å². The van der Waals surface area contributed by atoms with Gasteiger partial charge in [0.25, 0.3) is 0 Å². The lowest BCUT2D eigenvalue weighted by atomic mass is 10.1. The summed E-state index contributed by atoms with van der Waals surface area (Å²) in [5.41, 5.74) is 3.91. The quantitative estimate of drug-likeness (QED) is 0.542. The molecule has 0 saturated carbocycles. The summed E-state index contributed by atoms with van der Waals surface area (Å²) in [6.45, 7) is 2.72. The van der Waals surface area contributed by atoms with E-state index in [0.29, 0.717) is 12.1 Å². The van der Waals surface area contributed by atoms with Gasteiger partial charge in [0.1, 0.15) is 0 Å². The zero-order valence-corrected chi connectivity index (χ0v) is 15.4. The molecule has 2 N–H and O–H groups in total. The lowest BCUT2D eigenvalue weighted by molar-refractivity contribution is 0.684. The number of benzene rings is 2. The molecule has 0 saturated heterocycles. The number of aromatic nitrogens is 2. The lowest BCUT2D eigenvalue weighted by Crippen LogP contribution is -2.38. The fourth-order valence-electron chi connectivity index (χ4n) is 2.72. The van der Waals surface area contributed by atoms with Crippen LogP contribution in [0.1, 0.15) is 29.7 Å². The summed E-state index contributed by atoms with van der Waals surface area (Å²) < 4.78 is 1.84. The second-order valence-electron chi connectivity index (χ2n) is 6.15. The van der Waals surface area contributed by atoms with E-state index in [4.69, 9.17) is 5.26 Å². The third-order valence-electron chi connectivity index (χ3n) is 4.26. The molecule has 2 aromatic carbocycles. The van der Waals surface area contributed by atoms with Crippen LogP contribution in [0, 0.1) is 11.3 Å². The van der Waals surface area contributed by atoms with Gasteiger partial charge in [0.05, 0.1) is 23.4 Å². The monoisotopic (exact) mass is 358 g/mol. The maximum absolute atomic E-state index is 8.87. The van der Waals surface area contributed by atoms with E-state index in [1.54, 1.807) is 13.2 Å². The number of nitrogens with one attached hydrogen (secondary N) is 2. The largest absolute Gasteiger partial charge is 0.352 e. The van der Waals surface area contributed by atoms with Crippen LogP contribution < -0.4 is 10.6 Å². The number of aliphatic imine (C=N–C) groups is 1. The summed E-state index contributed by atoms with van der Waals surface area (Å²) in [5, 5.41) is 19.9. The molecule has 0 amide bonds. The van der Waals surface area contributed by atoms with Crippen molar-refractivity contribution in [3.8, 4) is 11.8 Å². The molecule has 0 aliphatic rings. The van der Waals surface area contributed by atoms with Crippen LogP contribution in [-0.2, 0) is 6.54 Å². The first-order valence-corrected chi connectivity index (χ1v) is 8.76. The number of rotatable bonds is 5. The van der Waals surface area contributed by atoms with Gasteiger partial charge in [-0.1, -0.05) is 24.3 Å². The van der Waals surface area contributed by atoms with Gasteiger partial charge in [-0.25, -0.2) is 4.68 Å². The fourth-order valence-corrected chi connectivity index (χ4v) is 2.72. The minimum absolute atomic E-state index is 0.0766. The van der Waals surface area contributed by atoms with E-state index in [0.717, 1.165) is 22.8 Å². The summed E-state index contributed by atoms with van der Waals surface area (Å²) in [6.07, 6.45) is 3.69. The third-order valence-corrected chi connectivity index (χ3v) is 4.26. The molecule has 27 heavy (non-hydrogen) atoms. The Kier molecular flexibility index (Phi) is 5.85. The van der Waals surface area contributed by atoms with Crippen LogP contribution in [0.4, 0.5) is 0 Å². The number of guanidine groups is 1. The van der Waals surface area contributed by atoms with Crippen molar-refractivity contribution < 1.29 is 0 Å². The average Bonchev–Trinajstić information content (AvgIpc) is 3.26. The van der Waals surface area contributed by atoms with Gasteiger partial charge >= 0.3 is 0 Å². The Labute approximate surface area is 159 Å². The molecule has 1 atom stereocenters. The van der Waals surface area contributed by atoms with Crippen molar-refractivity contribution in [3.63, 3.8) is 0 Å². The van der Waals surface area contributed by atoms with Crippen molar-refractivity contribution in [1.82, 2.24) is 20.4 Å². The van der Waals surface area contributed by atoms with Crippen molar-refractivity contribution in [2.75, 3.05) is 7.05 Å². The second-order valence-corrected chi connectivity index (χ2v) is 6.15. The molecule has 136 valence electrons. The van der Waals surface area contributed by atoms with Crippen molar-refractivity contribution in [2.45, 2.75) is 19.5 Å². The zero-order chi connectivity index (χ0) is 19.1. The zero-order valence-electron chi connectivity index (χ0n) is 15.4. The summed E-state index contributed by atoms with van der Waals surface area (Å²) in [5.74, 6) is 0.719.